The van der Waals surface area contributed by atoms with Gasteiger partial charge >= 0.3 is 6.03 Å². The molecule has 1 aliphatic heterocycles. The van der Waals surface area contributed by atoms with Crippen molar-refractivity contribution in [3.05, 3.63) is 65.0 Å². The van der Waals surface area contributed by atoms with Crippen molar-refractivity contribution >= 4 is 24.1 Å². The maximum Gasteiger partial charge on any atom is 0.322 e. The monoisotopic (exact) mass is 387 g/mol. The van der Waals surface area contributed by atoms with Gasteiger partial charge in [-0.25, -0.2) is 9.18 Å². The fourth-order valence-electron chi connectivity index (χ4n) is 5.14. The van der Waals surface area contributed by atoms with E-state index in [2.05, 4.69) is 17.4 Å². The Morgan fingerprint density at radius 1 is 1.07 bits per heavy atom. The molecule has 3 N–H and O–H groups in total. The Kier molecular flexibility index (Phi) is 4.20. The summed E-state index contributed by atoms with van der Waals surface area (Å²) in [6, 6.07) is 12.8. The van der Waals surface area contributed by atoms with Crippen LogP contribution >= 0.6 is 12.4 Å². The highest BCUT2D eigenvalue weighted by atomic mass is 35.5. The van der Waals surface area contributed by atoms with Gasteiger partial charge in [0.1, 0.15) is 5.82 Å². The first-order valence-corrected chi connectivity index (χ1v) is 9.15. The number of amides is 2. The zero-order chi connectivity index (χ0) is 17.9. The predicted molar refractivity (Wildman–Crippen MR) is 105 cm³/mol. The Balaban J connectivity index is 0.00000180. The van der Waals surface area contributed by atoms with E-state index in [-0.39, 0.29) is 24.3 Å². The number of urea groups is 1. The summed E-state index contributed by atoms with van der Waals surface area (Å²) in [4.78, 5) is 14.2. The Hall–Kier alpha value is -2.11. The second-order valence-corrected chi connectivity index (χ2v) is 8.29. The number of nitrogens with zero attached hydrogens (tertiary/aromatic N) is 1. The van der Waals surface area contributed by atoms with Crippen molar-refractivity contribution in [2.45, 2.75) is 37.8 Å². The van der Waals surface area contributed by atoms with Crippen LogP contribution in [0.4, 0.5) is 14.9 Å². The van der Waals surface area contributed by atoms with Gasteiger partial charge in [0.15, 0.2) is 0 Å². The maximum absolute atomic E-state index is 13.3. The van der Waals surface area contributed by atoms with Crippen molar-refractivity contribution in [1.29, 1.82) is 0 Å². The fraction of sp³-hybridized carbons (Fsp3) is 0.381. The van der Waals surface area contributed by atoms with Crippen LogP contribution in [0.25, 0.3) is 0 Å². The number of nitrogens with one attached hydrogen (secondary N) is 1. The molecule has 0 saturated heterocycles. The van der Waals surface area contributed by atoms with Crippen molar-refractivity contribution in [3.63, 3.8) is 0 Å². The highest BCUT2D eigenvalue weighted by Crippen LogP contribution is 2.73. The van der Waals surface area contributed by atoms with E-state index in [9.17, 15) is 9.18 Å². The first-order valence-electron chi connectivity index (χ1n) is 9.15. The molecule has 1 heterocycles. The van der Waals surface area contributed by atoms with Crippen LogP contribution in [0.3, 0.4) is 0 Å². The lowest BCUT2D eigenvalue weighted by Crippen LogP contribution is -2.67. The number of carbonyl (C=O) groups excluding carboxylic acids is 1. The number of halogens is 2. The molecule has 2 aromatic rings. The standard InChI is InChI=1S/C21H22FN3O.ClH/c22-17-4-1-14-8-25(9-15(14)7-17)19(26)24-18-5-2-16(3-6-18)21-10-20(11-21,12-21)13-23;/h1-7H,8-13,23H2,(H,24,26);1H. The van der Waals surface area contributed by atoms with Gasteiger partial charge < -0.3 is 16.0 Å². The summed E-state index contributed by atoms with van der Waals surface area (Å²) in [5.41, 5.74) is 10.6. The van der Waals surface area contributed by atoms with Gasteiger partial charge in [-0.2, -0.15) is 0 Å². The van der Waals surface area contributed by atoms with E-state index in [0.29, 0.717) is 23.9 Å². The third-order valence-electron chi connectivity index (χ3n) is 6.50. The average molecular weight is 388 g/mol. The van der Waals surface area contributed by atoms with E-state index in [1.54, 1.807) is 11.0 Å². The summed E-state index contributed by atoms with van der Waals surface area (Å²) in [6.45, 7) is 1.76. The normalized spacial score (nSPS) is 27.1. The molecule has 0 unspecified atom stereocenters. The Morgan fingerprint density at radius 2 is 1.74 bits per heavy atom. The van der Waals surface area contributed by atoms with Crippen molar-refractivity contribution in [1.82, 2.24) is 4.90 Å². The van der Waals surface area contributed by atoms with Crippen molar-refractivity contribution < 1.29 is 9.18 Å². The second-order valence-electron chi connectivity index (χ2n) is 8.29. The molecule has 4 aliphatic rings. The van der Waals surface area contributed by atoms with Gasteiger partial charge in [0.05, 0.1) is 0 Å². The van der Waals surface area contributed by atoms with Gasteiger partial charge in [-0.3, -0.25) is 0 Å². The van der Waals surface area contributed by atoms with E-state index in [1.807, 2.05) is 12.1 Å². The molecule has 3 saturated carbocycles. The van der Waals surface area contributed by atoms with Crippen LogP contribution in [-0.4, -0.2) is 17.5 Å². The van der Waals surface area contributed by atoms with E-state index >= 15 is 0 Å². The van der Waals surface area contributed by atoms with Gasteiger partial charge in [-0.05, 0) is 77.6 Å². The number of hydrogen-bond donors (Lipinski definition) is 2. The van der Waals surface area contributed by atoms with Crippen LogP contribution < -0.4 is 11.1 Å². The van der Waals surface area contributed by atoms with Gasteiger partial charge in [-0.15, -0.1) is 12.4 Å². The molecule has 0 radical (unpaired) electrons. The predicted octanol–water partition coefficient (Wildman–Crippen LogP) is 4.18. The lowest BCUT2D eigenvalue weighted by atomic mass is 9.33. The molecule has 6 rings (SSSR count). The van der Waals surface area contributed by atoms with Crippen molar-refractivity contribution in [2.24, 2.45) is 11.1 Å². The van der Waals surface area contributed by atoms with E-state index in [0.717, 1.165) is 23.4 Å². The first kappa shape index (κ1) is 18.3. The molecule has 2 aromatic carbocycles. The summed E-state index contributed by atoms with van der Waals surface area (Å²) in [6.07, 6.45) is 3.60. The molecule has 0 aromatic heterocycles. The topological polar surface area (TPSA) is 58.4 Å². The minimum absolute atomic E-state index is 0. The Morgan fingerprint density at radius 3 is 2.41 bits per heavy atom. The Bertz CT molecular complexity index is 879. The van der Waals surface area contributed by atoms with Crippen LogP contribution in [0, 0.1) is 11.2 Å². The third kappa shape index (κ3) is 2.80. The fourth-order valence-corrected chi connectivity index (χ4v) is 5.14. The number of fused-ring (bicyclic) bond motifs is 1. The molecule has 4 nitrogen and oxygen atoms in total. The smallest absolute Gasteiger partial charge is 0.322 e. The molecule has 27 heavy (non-hydrogen) atoms. The molecule has 0 spiro atoms. The lowest BCUT2D eigenvalue weighted by molar-refractivity contribution is -0.132. The second kappa shape index (κ2) is 6.21. The van der Waals surface area contributed by atoms with E-state index in [1.165, 1.54) is 37.0 Å². The lowest BCUT2D eigenvalue weighted by Gasteiger charge is -2.71. The largest absolute Gasteiger partial charge is 0.330 e. The molecule has 3 aliphatic carbocycles. The number of carbonyl (C=O) groups is 1. The summed E-state index contributed by atoms with van der Waals surface area (Å²) in [5, 5.41) is 2.95. The van der Waals surface area contributed by atoms with E-state index in [4.69, 9.17) is 5.73 Å². The van der Waals surface area contributed by atoms with Crippen LogP contribution in [0.15, 0.2) is 42.5 Å². The van der Waals surface area contributed by atoms with Crippen molar-refractivity contribution in [3.8, 4) is 0 Å². The summed E-state index contributed by atoms with van der Waals surface area (Å²) in [7, 11) is 0. The zero-order valence-electron chi connectivity index (χ0n) is 15.0. The Labute approximate surface area is 164 Å². The van der Waals surface area contributed by atoms with Crippen LogP contribution in [0.1, 0.15) is 36.0 Å². The van der Waals surface area contributed by atoms with Gasteiger partial charge in [0.2, 0.25) is 0 Å². The SMILES string of the molecule is Cl.NCC12CC(c3ccc(NC(=O)N4Cc5ccc(F)cc5C4)cc3)(C1)C2. The number of rotatable bonds is 3. The van der Waals surface area contributed by atoms with Crippen molar-refractivity contribution in [2.75, 3.05) is 11.9 Å². The minimum Gasteiger partial charge on any atom is -0.330 e. The molecular weight excluding hydrogens is 365 g/mol. The molecule has 2 amide bonds. The molecule has 142 valence electrons. The summed E-state index contributed by atoms with van der Waals surface area (Å²) in [5.74, 6) is -0.258. The third-order valence-corrected chi connectivity index (χ3v) is 6.50. The highest BCUT2D eigenvalue weighted by Gasteiger charge is 2.67. The summed E-state index contributed by atoms with van der Waals surface area (Å²) >= 11 is 0. The van der Waals surface area contributed by atoms with Gasteiger partial charge in [-0.1, -0.05) is 18.2 Å². The summed E-state index contributed by atoms with van der Waals surface area (Å²) < 4.78 is 13.3. The minimum atomic E-state index is -0.258. The van der Waals surface area contributed by atoms with Gasteiger partial charge in [0, 0.05) is 18.8 Å². The highest BCUT2D eigenvalue weighted by molar-refractivity contribution is 5.89. The van der Waals surface area contributed by atoms with Crippen LogP contribution in [-0.2, 0) is 18.5 Å². The molecule has 0 atom stereocenters. The molecule has 3 fully saturated rings. The molecule has 6 heteroatoms. The molecular formula is C21H23ClFN3O. The van der Waals surface area contributed by atoms with Crippen LogP contribution in [0.5, 0.6) is 0 Å². The maximum atomic E-state index is 13.3. The number of nitrogens with two attached hydrogens (primary N) is 1. The number of benzene rings is 2. The zero-order valence-corrected chi connectivity index (χ0v) is 15.8. The van der Waals surface area contributed by atoms with Crippen LogP contribution in [0.2, 0.25) is 0 Å². The average Bonchev–Trinajstić information content (AvgIpc) is 2.97. The van der Waals surface area contributed by atoms with Gasteiger partial charge in [0.25, 0.3) is 0 Å². The van der Waals surface area contributed by atoms with E-state index < -0.39 is 0 Å². The quantitative estimate of drug-likeness (QED) is 0.830. The molecule has 2 bridgehead atoms. The number of anilines is 1. The first-order chi connectivity index (χ1) is 12.5. The number of hydrogen-bond acceptors (Lipinski definition) is 2.